The van der Waals surface area contributed by atoms with Crippen LogP contribution < -0.4 is 0 Å². The molecule has 0 bridgehead atoms. The Hall–Kier alpha value is -1.42. The Labute approximate surface area is 66.7 Å². The highest BCUT2D eigenvalue weighted by atomic mass is 16.3. The Morgan fingerprint density at radius 1 is 1.27 bits per heavy atom. The van der Waals surface area contributed by atoms with Crippen LogP contribution in [0.2, 0.25) is 0 Å². The van der Waals surface area contributed by atoms with Crippen LogP contribution in [-0.4, -0.2) is 5.11 Å². The maximum atomic E-state index is 9.26. The topological polar surface area (TPSA) is 20.2 Å². The van der Waals surface area contributed by atoms with Crippen LogP contribution in [0.25, 0.3) is 0 Å². The average Bonchev–Trinajstić information content (AvgIpc) is 1.97. The third kappa shape index (κ3) is 1.35. The molecular formula is C10H10O. The number of hydrogen-bond acceptors (Lipinski definition) is 1. The zero-order valence-corrected chi connectivity index (χ0v) is 6.68. The maximum Gasteiger partial charge on any atom is 0.119 e. The Morgan fingerprint density at radius 3 is 2.45 bits per heavy atom. The van der Waals surface area contributed by atoms with Crippen LogP contribution in [0.5, 0.6) is 5.75 Å². The molecule has 0 saturated heterocycles. The van der Waals surface area contributed by atoms with E-state index in [1.54, 1.807) is 6.07 Å². The average molecular weight is 146 g/mol. The van der Waals surface area contributed by atoms with Crippen LogP contribution in [0.15, 0.2) is 12.1 Å². The molecular weight excluding hydrogens is 136 g/mol. The lowest BCUT2D eigenvalue weighted by Gasteiger charge is -2.02. The molecule has 0 atom stereocenters. The van der Waals surface area contributed by atoms with Gasteiger partial charge in [-0.05, 0) is 31.0 Å². The van der Waals surface area contributed by atoms with Crippen molar-refractivity contribution < 1.29 is 5.11 Å². The summed E-state index contributed by atoms with van der Waals surface area (Å²) in [5.74, 6) is 2.77. The van der Waals surface area contributed by atoms with Crippen LogP contribution in [0.1, 0.15) is 16.7 Å². The molecule has 0 spiro atoms. The summed E-state index contributed by atoms with van der Waals surface area (Å²) in [6.07, 6.45) is 5.21. The second-order valence-corrected chi connectivity index (χ2v) is 2.60. The molecule has 0 aliphatic rings. The number of aryl methyl sites for hydroxylation is 2. The molecule has 56 valence electrons. The van der Waals surface area contributed by atoms with Crippen LogP contribution >= 0.6 is 0 Å². The molecule has 0 aromatic heterocycles. The zero-order chi connectivity index (χ0) is 8.43. The van der Waals surface area contributed by atoms with Crippen molar-refractivity contribution >= 4 is 0 Å². The molecule has 0 aliphatic carbocycles. The number of rotatable bonds is 0. The first kappa shape index (κ1) is 7.68. The summed E-state index contributed by atoms with van der Waals surface area (Å²) in [6.45, 7) is 3.78. The highest BCUT2D eigenvalue weighted by Crippen LogP contribution is 2.20. The van der Waals surface area contributed by atoms with Crippen LogP contribution in [-0.2, 0) is 0 Å². The van der Waals surface area contributed by atoms with E-state index in [0.717, 1.165) is 16.7 Å². The summed E-state index contributed by atoms with van der Waals surface area (Å²) in [6, 6.07) is 3.50. The molecule has 1 N–H and O–H groups in total. The van der Waals surface area contributed by atoms with Gasteiger partial charge in [0.05, 0.1) is 0 Å². The van der Waals surface area contributed by atoms with E-state index >= 15 is 0 Å². The smallest absolute Gasteiger partial charge is 0.119 e. The lowest BCUT2D eigenvalue weighted by Crippen LogP contribution is -1.83. The maximum absolute atomic E-state index is 9.26. The van der Waals surface area contributed by atoms with Crippen molar-refractivity contribution in [2.24, 2.45) is 0 Å². The largest absolute Gasteiger partial charge is 0.508 e. The summed E-state index contributed by atoms with van der Waals surface area (Å²) in [7, 11) is 0. The third-order valence-electron chi connectivity index (χ3n) is 1.70. The van der Waals surface area contributed by atoms with Crippen molar-refractivity contribution in [2.75, 3.05) is 0 Å². The number of phenols is 1. The zero-order valence-electron chi connectivity index (χ0n) is 6.68. The van der Waals surface area contributed by atoms with Gasteiger partial charge >= 0.3 is 0 Å². The monoisotopic (exact) mass is 146 g/mol. The van der Waals surface area contributed by atoms with Gasteiger partial charge in [-0.25, -0.2) is 0 Å². The van der Waals surface area contributed by atoms with Crippen molar-refractivity contribution in [3.8, 4) is 18.1 Å². The van der Waals surface area contributed by atoms with Crippen LogP contribution in [0.3, 0.4) is 0 Å². The normalized spacial score (nSPS) is 9.18. The predicted octanol–water partition coefficient (Wildman–Crippen LogP) is 1.99. The van der Waals surface area contributed by atoms with E-state index in [4.69, 9.17) is 6.42 Å². The first-order valence-corrected chi connectivity index (χ1v) is 3.42. The number of benzene rings is 1. The Morgan fingerprint density at radius 2 is 1.91 bits per heavy atom. The van der Waals surface area contributed by atoms with E-state index in [1.165, 1.54) is 0 Å². The van der Waals surface area contributed by atoms with Crippen molar-refractivity contribution in [3.63, 3.8) is 0 Å². The van der Waals surface area contributed by atoms with Gasteiger partial charge in [0.25, 0.3) is 0 Å². The van der Waals surface area contributed by atoms with E-state index in [1.807, 2.05) is 19.9 Å². The minimum absolute atomic E-state index is 0.267. The number of terminal acetylenes is 1. The van der Waals surface area contributed by atoms with Gasteiger partial charge in [-0.3, -0.25) is 0 Å². The molecule has 1 rings (SSSR count). The van der Waals surface area contributed by atoms with E-state index in [2.05, 4.69) is 5.92 Å². The van der Waals surface area contributed by atoms with E-state index in [0.29, 0.717) is 0 Å². The van der Waals surface area contributed by atoms with Crippen molar-refractivity contribution in [3.05, 3.63) is 28.8 Å². The second-order valence-electron chi connectivity index (χ2n) is 2.60. The first-order valence-electron chi connectivity index (χ1n) is 3.42. The molecule has 0 radical (unpaired) electrons. The molecule has 1 heteroatoms. The lowest BCUT2D eigenvalue weighted by atomic mass is 10.1. The molecule has 1 aromatic rings. The van der Waals surface area contributed by atoms with Crippen molar-refractivity contribution in [1.29, 1.82) is 0 Å². The van der Waals surface area contributed by atoms with Gasteiger partial charge in [0, 0.05) is 5.56 Å². The quantitative estimate of drug-likeness (QED) is 0.555. The summed E-state index contributed by atoms with van der Waals surface area (Å²) in [4.78, 5) is 0. The number of aromatic hydroxyl groups is 1. The number of phenolic OH excluding ortho intramolecular Hbond substituents is 1. The highest BCUT2D eigenvalue weighted by Gasteiger charge is 1.99. The first-order chi connectivity index (χ1) is 5.15. The molecule has 1 aromatic carbocycles. The van der Waals surface area contributed by atoms with Gasteiger partial charge < -0.3 is 5.11 Å². The van der Waals surface area contributed by atoms with Gasteiger partial charge in [0.2, 0.25) is 0 Å². The minimum Gasteiger partial charge on any atom is -0.508 e. The SMILES string of the molecule is C#Cc1cc(O)c(C)cc1C. The molecule has 1 nitrogen and oxygen atoms in total. The molecule has 0 fully saturated rings. The van der Waals surface area contributed by atoms with Crippen molar-refractivity contribution in [2.45, 2.75) is 13.8 Å². The number of hydrogen-bond donors (Lipinski definition) is 1. The Bertz CT molecular complexity index is 318. The molecule has 0 saturated carbocycles. The third-order valence-corrected chi connectivity index (χ3v) is 1.70. The van der Waals surface area contributed by atoms with Gasteiger partial charge in [-0.15, -0.1) is 6.42 Å². The molecule has 0 unspecified atom stereocenters. The predicted molar refractivity (Wildman–Crippen MR) is 45.5 cm³/mol. The Balaban J connectivity index is 3.35. The lowest BCUT2D eigenvalue weighted by molar-refractivity contribution is 0.471. The van der Waals surface area contributed by atoms with Crippen molar-refractivity contribution in [1.82, 2.24) is 0 Å². The summed E-state index contributed by atoms with van der Waals surface area (Å²) in [5.41, 5.74) is 2.65. The Kier molecular flexibility index (Phi) is 1.87. The fourth-order valence-electron chi connectivity index (χ4n) is 0.996. The summed E-state index contributed by atoms with van der Waals surface area (Å²) in [5, 5.41) is 9.26. The van der Waals surface area contributed by atoms with Gasteiger partial charge in [0.1, 0.15) is 5.75 Å². The summed E-state index contributed by atoms with van der Waals surface area (Å²) < 4.78 is 0. The van der Waals surface area contributed by atoms with E-state index in [-0.39, 0.29) is 5.75 Å². The van der Waals surface area contributed by atoms with Gasteiger partial charge in [-0.2, -0.15) is 0 Å². The fourth-order valence-corrected chi connectivity index (χ4v) is 0.996. The minimum atomic E-state index is 0.267. The molecule has 0 heterocycles. The van der Waals surface area contributed by atoms with Crippen LogP contribution in [0.4, 0.5) is 0 Å². The standard InChI is InChI=1S/C10H10O/c1-4-9-6-10(11)8(3)5-7(9)2/h1,5-6,11H,2-3H3. The van der Waals surface area contributed by atoms with E-state index in [9.17, 15) is 5.11 Å². The van der Waals surface area contributed by atoms with Crippen LogP contribution in [0, 0.1) is 26.2 Å². The van der Waals surface area contributed by atoms with Gasteiger partial charge in [-0.1, -0.05) is 12.0 Å². The highest BCUT2D eigenvalue weighted by molar-refractivity contribution is 5.47. The fraction of sp³-hybridized carbons (Fsp3) is 0.200. The summed E-state index contributed by atoms with van der Waals surface area (Å²) >= 11 is 0. The molecule has 11 heavy (non-hydrogen) atoms. The molecule has 0 amide bonds. The van der Waals surface area contributed by atoms with E-state index < -0.39 is 0 Å². The molecule has 0 aliphatic heterocycles. The van der Waals surface area contributed by atoms with Gasteiger partial charge in [0.15, 0.2) is 0 Å². The second kappa shape index (κ2) is 2.67.